The normalized spacial score (nSPS) is 15.9. The number of rotatable bonds is 5. The van der Waals surface area contributed by atoms with E-state index in [0.717, 1.165) is 27.6 Å². The van der Waals surface area contributed by atoms with Crippen molar-refractivity contribution in [2.45, 2.75) is 25.9 Å². The van der Waals surface area contributed by atoms with Crippen LogP contribution < -0.4 is 5.32 Å². The number of hydrogen-bond acceptors (Lipinski definition) is 6. The molecule has 0 spiro atoms. The molecule has 0 saturated heterocycles. The minimum Gasteiger partial charge on any atom is -0.448 e. The van der Waals surface area contributed by atoms with Gasteiger partial charge in [-0.3, -0.25) is 4.79 Å². The molecule has 1 aliphatic rings. The number of fused-ring (bicyclic) bond motifs is 1. The van der Waals surface area contributed by atoms with Crippen LogP contribution in [0.5, 0.6) is 0 Å². The maximum absolute atomic E-state index is 12.4. The summed E-state index contributed by atoms with van der Waals surface area (Å²) in [6, 6.07) is 11.4. The van der Waals surface area contributed by atoms with Crippen LogP contribution in [0.15, 0.2) is 41.8 Å². The predicted molar refractivity (Wildman–Crippen MR) is 106 cm³/mol. The number of amides is 1. The Kier molecular flexibility index (Phi) is 5.05. The summed E-state index contributed by atoms with van der Waals surface area (Å²) in [6.07, 6.45) is 0.390. The first-order chi connectivity index (χ1) is 13.1. The highest BCUT2D eigenvalue weighted by Crippen LogP contribution is 2.29. The molecule has 4 rings (SSSR count). The number of cyclic esters (lactones) is 1. The zero-order chi connectivity index (χ0) is 18.8. The highest BCUT2D eigenvalue weighted by Gasteiger charge is 2.30. The molecule has 0 saturated carbocycles. The minimum absolute atomic E-state index is 0.246. The van der Waals surface area contributed by atoms with Crippen LogP contribution in [-0.2, 0) is 22.4 Å². The molecule has 1 N–H and O–H groups in total. The molecule has 5 nitrogen and oxygen atoms in total. The maximum Gasteiger partial charge on any atom is 0.339 e. The summed E-state index contributed by atoms with van der Waals surface area (Å²) in [7, 11) is 0. The fraction of sp³-hybridized carbons (Fsp3) is 0.250. The van der Waals surface area contributed by atoms with Crippen molar-refractivity contribution in [3.05, 3.63) is 62.8 Å². The van der Waals surface area contributed by atoms with Crippen molar-refractivity contribution < 1.29 is 14.3 Å². The van der Waals surface area contributed by atoms with Crippen molar-refractivity contribution in [1.82, 2.24) is 10.3 Å². The van der Waals surface area contributed by atoms with E-state index in [1.807, 2.05) is 19.1 Å². The van der Waals surface area contributed by atoms with Crippen LogP contribution in [0, 0.1) is 6.92 Å². The summed E-state index contributed by atoms with van der Waals surface area (Å²) in [4.78, 5) is 31.2. The lowest BCUT2D eigenvalue weighted by atomic mass is 9.98. The van der Waals surface area contributed by atoms with Gasteiger partial charge in [-0.15, -0.1) is 22.7 Å². The third-order valence-electron chi connectivity index (χ3n) is 4.39. The smallest absolute Gasteiger partial charge is 0.339 e. The van der Waals surface area contributed by atoms with Crippen LogP contribution in [-0.4, -0.2) is 29.5 Å². The van der Waals surface area contributed by atoms with Gasteiger partial charge in [-0.2, -0.15) is 0 Å². The maximum atomic E-state index is 12.4. The van der Waals surface area contributed by atoms with Crippen molar-refractivity contribution >= 4 is 34.6 Å². The molecule has 138 valence electrons. The number of nitrogens with zero attached hydrogens (tertiary/aromatic N) is 1. The number of benzene rings is 1. The van der Waals surface area contributed by atoms with Crippen molar-refractivity contribution in [2.75, 3.05) is 6.54 Å². The fourth-order valence-electron chi connectivity index (χ4n) is 3.03. The number of nitrogens with one attached hydrogen (secondary N) is 1. The molecular weight excluding hydrogens is 380 g/mol. The molecule has 0 aliphatic carbocycles. The van der Waals surface area contributed by atoms with Crippen molar-refractivity contribution in [3.8, 4) is 10.6 Å². The fourth-order valence-corrected chi connectivity index (χ4v) is 4.68. The predicted octanol–water partition coefficient (Wildman–Crippen LogP) is 3.62. The molecule has 0 bridgehead atoms. The lowest BCUT2D eigenvalue weighted by molar-refractivity contribution is -0.130. The number of carbonyl (C=O) groups excluding carboxylic acids is 2. The van der Waals surface area contributed by atoms with Gasteiger partial charge in [0, 0.05) is 23.2 Å². The van der Waals surface area contributed by atoms with Crippen LogP contribution >= 0.6 is 22.7 Å². The van der Waals surface area contributed by atoms with E-state index in [1.165, 1.54) is 4.88 Å². The second-order valence-electron chi connectivity index (χ2n) is 6.31. The molecule has 1 unspecified atom stereocenters. The van der Waals surface area contributed by atoms with Gasteiger partial charge in [0.2, 0.25) is 0 Å². The topological polar surface area (TPSA) is 68.3 Å². The quantitative estimate of drug-likeness (QED) is 0.667. The minimum atomic E-state index is -0.760. The number of carbonyl (C=O) groups is 2. The lowest BCUT2D eigenvalue weighted by Gasteiger charge is -2.23. The molecule has 1 amide bonds. The van der Waals surface area contributed by atoms with E-state index in [9.17, 15) is 9.59 Å². The Hall–Kier alpha value is -2.51. The molecule has 2 aromatic heterocycles. The van der Waals surface area contributed by atoms with E-state index >= 15 is 0 Å². The van der Waals surface area contributed by atoms with Gasteiger partial charge in [-0.1, -0.05) is 18.2 Å². The van der Waals surface area contributed by atoms with Crippen LogP contribution in [0.3, 0.4) is 0 Å². The number of aromatic nitrogens is 1. The van der Waals surface area contributed by atoms with Crippen LogP contribution in [0.2, 0.25) is 0 Å². The largest absolute Gasteiger partial charge is 0.448 e. The molecule has 1 atom stereocenters. The number of aryl methyl sites for hydroxylation is 1. The van der Waals surface area contributed by atoms with Gasteiger partial charge in [0.25, 0.3) is 5.91 Å². The van der Waals surface area contributed by atoms with E-state index in [1.54, 1.807) is 34.8 Å². The zero-order valence-corrected chi connectivity index (χ0v) is 16.4. The first-order valence-electron chi connectivity index (χ1n) is 8.68. The standard InChI is InChI=1S/C20H18N2O3S2/c1-12-22-16(11-26-12)18-7-6-14(27-18)8-9-21-19(23)17-10-13-4-2-3-5-15(13)20(24)25-17/h2-7,11,17H,8-10H2,1H3,(H,21,23). The third kappa shape index (κ3) is 3.94. The molecule has 7 heteroatoms. The highest BCUT2D eigenvalue weighted by molar-refractivity contribution is 7.16. The van der Waals surface area contributed by atoms with Crippen molar-refractivity contribution in [2.24, 2.45) is 0 Å². The number of esters is 1. The Morgan fingerprint density at radius 3 is 2.96 bits per heavy atom. The van der Waals surface area contributed by atoms with Crippen molar-refractivity contribution in [1.29, 1.82) is 0 Å². The van der Waals surface area contributed by atoms with Gasteiger partial charge < -0.3 is 10.1 Å². The number of thiazole rings is 1. The Morgan fingerprint density at radius 2 is 2.15 bits per heavy atom. The van der Waals surface area contributed by atoms with Gasteiger partial charge >= 0.3 is 5.97 Å². The molecule has 0 fully saturated rings. The molecule has 1 aromatic carbocycles. The number of ether oxygens (including phenoxy) is 1. The SMILES string of the molecule is Cc1nc(-c2ccc(CCNC(=O)C3Cc4ccccc4C(=O)O3)s2)cs1. The summed E-state index contributed by atoms with van der Waals surface area (Å²) in [6.45, 7) is 2.50. The summed E-state index contributed by atoms with van der Waals surface area (Å²) >= 11 is 3.32. The Morgan fingerprint density at radius 1 is 1.30 bits per heavy atom. The average Bonchev–Trinajstić information content (AvgIpc) is 3.30. The molecule has 3 heterocycles. The first kappa shape index (κ1) is 17.9. The van der Waals surface area contributed by atoms with Gasteiger partial charge in [0.15, 0.2) is 6.10 Å². The van der Waals surface area contributed by atoms with Crippen molar-refractivity contribution in [3.63, 3.8) is 0 Å². The number of hydrogen-bond donors (Lipinski definition) is 1. The average molecular weight is 399 g/mol. The van der Waals surface area contributed by atoms with Gasteiger partial charge in [-0.25, -0.2) is 9.78 Å². The van der Waals surface area contributed by atoms with Gasteiger partial charge in [0.1, 0.15) is 0 Å². The summed E-state index contributed by atoms with van der Waals surface area (Å²) < 4.78 is 5.29. The zero-order valence-electron chi connectivity index (χ0n) is 14.7. The van der Waals surface area contributed by atoms with E-state index in [0.29, 0.717) is 18.5 Å². The van der Waals surface area contributed by atoms with Gasteiger partial charge in [0.05, 0.1) is 21.1 Å². The van der Waals surface area contributed by atoms with Crippen LogP contribution in [0.25, 0.3) is 10.6 Å². The van der Waals surface area contributed by atoms with E-state index in [4.69, 9.17) is 4.74 Å². The Balaban J connectivity index is 1.31. The molecule has 0 radical (unpaired) electrons. The van der Waals surface area contributed by atoms with E-state index in [-0.39, 0.29) is 5.91 Å². The number of thiophene rings is 1. The summed E-state index contributed by atoms with van der Waals surface area (Å²) in [5, 5.41) is 5.99. The second-order valence-corrected chi connectivity index (χ2v) is 8.54. The summed E-state index contributed by atoms with van der Waals surface area (Å²) in [5.41, 5.74) is 2.41. The van der Waals surface area contributed by atoms with Crippen LogP contribution in [0.4, 0.5) is 0 Å². The first-order valence-corrected chi connectivity index (χ1v) is 10.4. The molecular formula is C20H18N2O3S2. The molecule has 3 aromatic rings. The molecule has 1 aliphatic heterocycles. The van der Waals surface area contributed by atoms with Crippen LogP contribution in [0.1, 0.15) is 25.8 Å². The molecule has 27 heavy (non-hydrogen) atoms. The van der Waals surface area contributed by atoms with E-state index < -0.39 is 12.1 Å². The monoisotopic (exact) mass is 398 g/mol. The van der Waals surface area contributed by atoms with Gasteiger partial charge in [-0.05, 0) is 37.1 Å². The highest BCUT2D eigenvalue weighted by atomic mass is 32.1. The van der Waals surface area contributed by atoms with E-state index in [2.05, 4.69) is 27.8 Å². The lowest BCUT2D eigenvalue weighted by Crippen LogP contribution is -2.42. The third-order valence-corrected chi connectivity index (χ3v) is 6.33. The second kappa shape index (κ2) is 7.62. The Labute approximate surface area is 165 Å². The summed E-state index contributed by atoms with van der Waals surface area (Å²) in [5.74, 6) is -0.678. The Bertz CT molecular complexity index is 993.